The molecule has 12 heavy (non-hydrogen) atoms. The Balaban J connectivity index is 2.46. The normalized spacial score (nSPS) is 36.4. The fourth-order valence-electron chi connectivity index (χ4n) is 1.88. The Kier molecular flexibility index (Phi) is 3.01. The van der Waals surface area contributed by atoms with E-state index in [-0.39, 0.29) is 0 Å². The maximum absolute atomic E-state index is 8.79. The van der Waals surface area contributed by atoms with E-state index in [2.05, 4.69) is 19.9 Å². The zero-order valence-corrected chi connectivity index (χ0v) is 8.56. The Labute approximate surface area is 79.7 Å². The average molecular weight is 186 g/mol. The number of hydrogen-bond acceptors (Lipinski definition) is 1. The van der Waals surface area contributed by atoms with Gasteiger partial charge < -0.3 is 0 Å². The summed E-state index contributed by atoms with van der Waals surface area (Å²) in [5.74, 6) is 1.52. The molecule has 0 aliphatic heterocycles. The van der Waals surface area contributed by atoms with Gasteiger partial charge in [-0.2, -0.15) is 5.26 Å². The first-order valence-corrected chi connectivity index (χ1v) is 5.05. The van der Waals surface area contributed by atoms with E-state index in [1.54, 1.807) is 0 Å². The molecule has 1 rings (SSSR count). The lowest BCUT2D eigenvalue weighted by atomic mass is 9.77. The smallest absolute Gasteiger partial charge is 0.131 e. The molecule has 0 saturated heterocycles. The van der Waals surface area contributed by atoms with Gasteiger partial charge in [0.25, 0.3) is 0 Å². The Bertz CT molecular complexity index is 185. The van der Waals surface area contributed by atoms with Gasteiger partial charge in [-0.05, 0) is 37.5 Å². The van der Waals surface area contributed by atoms with E-state index in [1.165, 1.54) is 0 Å². The summed E-state index contributed by atoms with van der Waals surface area (Å²) in [7, 11) is 0. The zero-order valence-electron chi connectivity index (χ0n) is 7.81. The molecule has 2 heteroatoms. The van der Waals surface area contributed by atoms with Gasteiger partial charge >= 0.3 is 0 Å². The first-order valence-electron chi connectivity index (χ1n) is 4.67. The van der Waals surface area contributed by atoms with Crippen molar-refractivity contribution in [1.29, 1.82) is 5.26 Å². The van der Waals surface area contributed by atoms with Gasteiger partial charge in [0.15, 0.2) is 0 Å². The quantitative estimate of drug-likeness (QED) is 0.575. The fourth-order valence-corrected chi connectivity index (χ4v) is 2.09. The Hall–Kier alpha value is -0.220. The molecule has 0 unspecified atom stereocenters. The molecule has 0 atom stereocenters. The van der Waals surface area contributed by atoms with E-state index in [4.69, 9.17) is 16.9 Å². The summed E-state index contributed by atoms with van der Waals surface area (Å²) >= 11 is 6.07. The number of nitriles is 1. The van der Waals surface area contributed by atoms with Gasteiger partial charge in [-0.3, -0.25) is 0 Å². The number of nitrogens with zero attached hydrogens (tertiary/aromatic N) is 1. The van der Waals surface area contributed by atoms with E-state index < -0.39 is 4.87 Å². The van der Waals surface area contributed by atoms with Gasteiger partial charge in [0.1, 0.15) is 4.87 Å². The Morgan fingerprint density at radius 2 is 1.92 bits per heavy atom. The molecule has 0 heterocycles. The lowest BCUT2D eigenvalue weighted by molar-refractivity contribution is 0.262. The summed E-state index contributed by atoms with van der Waals surface area (Å²) in [5, 5.41) is 8.79. The summed E-state index contributed by atoms with van der Waals surface area (Å²) < 4.78 is 0. The van der Waals surface area contributed by atoms with Crippen molar-refractivity contribution in [2.45, 2.75) is 44.4 Å². The predicted molar refractivity (Wildman–Crippen MR) is 51.0 cm³/mol. The molecule has 0 spiro atoms. The molecule has 0 amide bonds. The van der Waals surface area contributed by atoms with Crippen LogP contribution in [0.5, 0.6) is 0 Å². The van der Waals surface area contributed by atoms with Gasteiger partial charge in [0, 0.05) is 0 Å². The minimum atomic E-state index is -0.536. The van der Waals surface area contributed by atoms with Crippen LogP contribution in [-0.4, -0.2) is 4.87 Å². The van der Waals surface area contributed by atoms with Crippen molar-refractivity contribution in [3.8, 4) is 6.07 Å². The second-order valence-electron chi connectivity index (χ2n) is 4.16. The van der Waals surface area contributed by atoms with Crippen molar-refractivity contribution in [2.24, 2.45) is 11.8 Å². The summed E-state index contributed by atoms with van der Waals surface area (Å²) in [6, 6.07) is 2.21. The van der Waals surface area contributed by atoms with E-state index in [0.29, 0.717) is 0 Å². The number of rotatable bonds is 1. The van der Waals surface area contributed by atoms with E-state index in [1.807, 2.05) is 0 Å². The molecule has 1 aliphatic carbocycles. The van der Waals surface area contributed by atoms with Crippen LogP contribution in [0.3, 0.4) is 0 Å². The topological polar surface area (TPSA) is 23.8 Å². The van der Waals surface area contributed by atoms with Crippen molar-refractivity contribution in [2.75, 3.05) is 0 Å². The molecule has 0 aromatic rings. The molecule has 0 aromatic heterocycles. The van der Waals surface area contributed by atoms with Crippen LogP contribution in [-0.2, 0) is 0 Å². The second kappa shape index (κ2) is 3.66. The highest BCUT2D eigenvalue weighted by Crippen LogP contribution is 2.39. The van der Waals surface area contributed by atoms with Gasteiger partial charge in [-0.1, -0.05) is 13.8 Å². The van der Waals surface area contributed by atoms with E-state index in [9.17, 15) is 0 Å². The molecular weight excluding hydrogens is 170 g/mol. The Morgan fingerprint density at radius 1 is 1.42 bits per heavy atom. The fraction of sp³-hybridized carbons (Fsp3) is 0.900. The standard InChI is InChI=1S/C10H16ClN/c1-8(2)9-3-5-10(11,7-12)6-4-9/h8-9H,3-6H2,1-2H3. The highest BCUT2D eigenvalue weighted by molar-refractivity contribution is 6.25. The average Bonchev–Trinajstić information content (AvgIpc) is 2.05. The SMILES string of the molecule is CC(C)C1CCC(Cl)(C#N)CC1. The van der Waals surface area contributed by atoms with Gasteiger partial charge in [0.2, 0.25) is 0 Å². The third-order valence-corrected chi connectivity index (χ3v) is 3.43. The first kappa shape index (κ1) is 9.86. The summed E-state index contributed by atoms with van der Waals surface area (Å²) in [6.07, 6.45) is 3.98. The number of halogens is 1. The second-order valence-corrected chi connectivity index (χ2v) is 4.88. The van der Waals surface area contributed by atoms with Crippen LogP contribution in [0.4, 0.5) is 0 Å². The van der Waals surface area contributed by atoms with Crippen LogP contribution in [0.2, 0.25) is 0 Å². The predicted octanol–water partition coefficient (Wildman–Crippen LogP) is 3.33. The lowest BCUT2D eigenvalue weighted by Gasteiger charge is -2.32. The van der Waals surface area contributed by atoms with E-state index >= 15 is 0 Å². The highest BCUT2D eigenvalue weighted by Gasteiger charge is 2.33. The third kappa shape index (κ3) is 2.14. The van der Waals surface area contributed by atoms with Crippen molar-refractivity contribution < 1.29 is 0 Å². The largest absolute Gasteiger partial charge is 0.196 e. The van der Waals surface area contributed by atoms with Crippen molar-refractivity contribution in [1.82, 2.24) is 0 Å². The van der Waals surface area contributed by atoms with Crippen LogP contribution in [0.25, 0.3) is 0 Å². The van der Waals surface area contributed by atoms with Gasteiger partial charge in [-0.25, -0.2) is 0 Å². The summed E-state index contributed by atoms with van der Waals surface area (Å²) in [5.41, 5.74) is 0. The zero-order chi connectivity index (χ0) is 9.19. The molecule has 1 saturated carbocycles. The molecule has 0 N–H and O–H groups in total. The summed E-state index contributed by atoms with van der Waals surface area (Å²) in [6.45, 7) is 4.50. The highest BCUT2D eigenvalue weighted by atomic mass is 35.5. The maximum Gasteiger partial charge on any atom is 0.131 e. The first-order chi connectivity index (χ1) is 5.57. The van der Waals surface area contributed by atoms with Crippen LogP contribution < -0.4 is 0 Å². The minimum Gasteiger partial charge on any atom is -0.196 e. The Morgan fingerprint density at radius 3 is 2.25 bits per heavy atom. The molecule has 68 valence electrons. The monoisotopic (exact) mass is 185 g/mol. The van der Waals surface area contributed by atoms with Crippen molar-refractivity contribution in [3.63, 3.8) is 0 Å². The lowest BCUT2D eigenvalue weighted by Crippen LogP contribution is -2.28. The van der Waals surface area contributed by atoms with Crippen LogP contribution >= 0.6 is 11.6 Å². The minimum absolute atomic E-state index is 0.536. The van der Waals surface area contributed by atoms with Crippen LogP contribution in [0.15, 0.2) is 0 Å². The summed E-state index contributed by atoms with van der Waals surface area (Å²) in [4.78, 5) is -0.536. The van der Waals surface area contributed by atoms with E-state index in [0.717, 1.165) is 37.5 Å². The third-order valence-electron chi connectivity index (χ3n) is 2.97. The molecular formula is C10H16ClN. The van der Waals surface area contributed by atoms with Gasteiger partial charge in [0.05, 0.1) is 6.07 Å². The van der Waals surface area contributed by atoms with Crippen molar-refractivity contribution >= 4 is 11.6 Å². The molecule has 0 aromatic carbocycles. The van der Waals surface area contributed by atoms with Crippen LogP contribution in [0, 0.1) is 23.2 Å². The molecule has 0 bridgehead atoms. The molecule has 1 aliphatic rings. The molecule has 1 fully saturated rings. The molecule has 1 nitrogen and oxygen atoms in total. The number of hydrogen-bond donors (Lipinski definition) is 0. The van der Waals surface area contributed by atoms with Crippen molar-refractivity contribution in [3.05, 3.63) is 0 Å². The number of alkyl halides is 1. The molecule has 0 radical (unpaired) electrons. The maximum atomic E-state index is 8.79. The van der Waals surface area contributed by atoms with Crippen LogP contribution in [0.1, 0.15) is 39.5 Å². The van der Waals surface area contributed by atoms with Gasteiger partial charge in [-0.15, -0.1) is 11.6 Å².